The van der Waals surface area contributed by atoms with Crippen LogP contribution in [0.2, 0.25) is 0 Å². The second kappa shape index (κ2) is 4.53. The highest BCUT2D eigenvalue weighted by Crippen LogP contribution is 2.19. The number of para-hydroxylation sites is 1. The fourth-order valence-electron chi connectivity index (χ4n) is 1.41. The molecule has 16 heavy (non-hydrogen) atoms. The Morgan fingerprint density at radius 2 is 1.56 bits per heavy atom. The van der Waals surface area contributed by atoms with Crippen molar-refractivity contribution in [2.75, 3.05) is 0 Å². The third-order valence-electron chi connectivity index (χ3n) is 2.23. The van der Waals surface area contributed by atoms with Crippen LogP contribution in [-0.4, -0.2) is 0 Å². The molecule has 80 valence electrons. The maximum Gasteiger partial charge on any atom is -0.0280 e. The largest absolute Gasteiger partial charge is 0.889 e. The highest BCUT2D eigenvalue weighted by atomic mass is 16.3. The van der Waals surface area contributed by atoms with Crippen molar-refractivity contribution in [2.24, 2.45) is 0 Å². The van der Waals surface area contributed by atoms with Gasteiger partial charge in [-0.1, -0.05) is 61.2 Å². The van der Waals surface area contributed by atoms with E-state index in [9.17, 15) is 5.11 Å². The molecule has 0 unspecified atom stereocenters. The van der Waals surface area contributed by atoms with E-state index in [1.807, 2.05) is 30.3 Å². The Hall–Kier alpha value is -2.22. The van der Waals surface area contributed by atoms with Crippen molar-refractivity contribution in [2.45, 2.75) is 0 Å². The van der Waals surface area contributed by atoms with Crippen LogP contribution in [0.5, 0.6) is 0 Å². The molecule has 2 rings (SSSR count). The lowest BCUT2D eigenvalue weighted by Crippen LogP contribution is -2.28. The van der Waals surface area contributed by atoms with Crippen molar-refractivity contribution >= 4 is 18.1 Å². The summed E-state index contributed by atoms with van der Waals surface area (Å²) >= 11 is 0. The zero-order valence-electron chi connectivity index (χ0n) is 8.76. The summed E-state index contributed by atoms with van der Waals surface area (Å²) in [6.07, 6.45) is 0. The minimum absolute atomic E-state index is 0.253. The fourth-order valence-corrected chi connectivity index (χ4v) is 1.41. The molecule has 0 saturated heterocycles. The van der Waals surface area contributed by atoms with Crippen molar-refractivity contribution in [3.8, 4) is 0 Å². The molecule has 0 aliphatic carbocycles. The first kappa shape index (κ1) is 10.3. The molecule has 0 radical (unpaired) electrons. The molecule has 0 aromatic heterocycles. The van der Waals surface area contributed by atoms with Crippen LogP contribution in [0.15, 0.2) is 54.6 Å². The van der Waals surface area contributed by atoms with E-state index in [2.05, 4.69) is 11.9 Å². The Balaban J connectivity index is 2.40. The van der Waals surface area contributed by atoms with Crippen LogP contribution in [0.25, 0.3) is 17.8 Å². The van der Waals surface area contributed by atoms with E-state index >= 15 is 0 Å². The molecule has 0 aliphatic heterocycles. The van der Waals surface area contributed by atoms with Gasteiger partial charge in [-0.25, -0.2) is 5.88 Å². The minimum atomic E-state index is -0.253. The molecule has 2 heteroatoms. The number of benzene rings is 2. The van der Waals surface area contributed by atoms with Gasteiger partial charge in [0.15, 0.2) is 0 Å². The van der Waals surface area contributed by atoms with E-state index in [4.69, 9.17) is 0 Å². The predicted octanol–water partition coefficient (Wildman–Crippen LogP) is 1.23. The maximum atomic E-state index is 11.8. The van der Waals surface area contributed by atoms with E-state index in [1.54, 1.807) is 24.3 Å². The van der Waals surface area contributed by atoms with Gasteiger partial charge in [0.2, 0.25) is 0 Å². The fraction of sp³-hybridized carbons (Fsp3) is 0. The molecule has 0 heterocycles. The first-order valence-electron chi connectivity index (χ1n) is 4.99. The van der Waals surface area contributed by atoms with Crippen LogP contribution < -0.4 is 15.5 Å². The first-order valence-corrected chi connectivity index (χ1v) is 4.99. The Morgan fingerprint density at radius 3 is 2.25 bits per heavy atom. The van der Waals surface area contributed by atoms with Crippen molar-refractivity contribution in [3.05, 3.63) is 70.4 Å². The van der Waals surface area contributed by atoms with Gasteiger partial charge in [-0.2, -0.15) is 0 Å². The summed E-state index contributed by atoms with van der Waals surface area (Å²) in [6, 6.07) is 16.4. The zero-order valence-corrected chi connectivity index (χ0v) is 8.76. The van der Waals surface area contributed by atoms with Gasteiger partial charge < -0.3 is 10.4 Å². The highest BCUT2D eigenvalue weighted by Gasteiger charge is 1.79. The SMILES string of the molecule is C=c1cccc/c1=C(\[O-])[N-]c1ccccc1. The molecule has 2 nitrogen and oxygen atoms in total. The van der Waals surface area contributed by atoms with Crippen LogP contribution in [0.1, 0.15) is 0 Å². The first-order chi connectivity index (χ1) is 7.77. The number of hydrogen-bond donors (Lipinski definition) is 0. The molecule has 2 aromatic carbocycles. The molecule has 0 bridgehead atoms. The molecule has 0 N–H and O–H groups in total. The molecule has 2 aromatic rings. The molecular formula is C14H11NO-2. The average Bonchev–Trinajstić information content (AvgIpc) is 2.31. The standard InChI is InChI=1S/C14H12NO/c1-11-7-5-6-10-13(11)14(16)15-12-8-3-2-4-9-12/h2-10,16H,1H2/q-1/p-1/b14-13+. The van der Waals surface area contributed by atoms with Gasteiger partial charge in [0.05, 0.1) is 0 Å². The van der Waals surface area contributed by atoms with Crippen molar-refractivity contribution in [1.29, 1.82) is 0 Å². The van der Waals surface area contributed by atoms with Gasteiger partial charge in [-0.05, 0) is 10.4 Å². The quantitative estimate of drug-likeness (QED) is 0.733. The van der Waals surface area contributed by atoms with E-state index in [0.717, 1.165) is 0 Å². The second-order valence-electron chi connectivity index (χ2n) is 3.41. The van der Waals surface area contributed by atoms with E-state index in [1.165, 1.54) is 0 Å². The summed E-state index contributed by atoms with van der Waals surface area (Å²) < 4.78 is 0. The normalized spacial score (nSPS) is 12.0. The van der Waals surface area contributed by atoms with Crippen molar-refractivity contribution in [3.63, 3.8) is 0 Å². The Bertz CT molecular complexity index is 575. The van der Waals surface area contributed by atoms with Crippen LogP contribution in [0.3, 0.4) is 0 Å². The van der Waals surface area contributed by atoms with Crippen LogP contribution >= 0.6 is 0 Å². The summed E-state index contributed by atoms with van der Waals surface area (Å²) in [7, 11) is 0. The lowest BCUT2D eigenvalue weighted by atomic mass is 10.2. The second-order valence-corrected chi connectivity index (χ2v) is 3.41. The summed E-state index contributed by atoms with van der Waals surface area (Å²) in [5, 5.41) is 17.1. The monoisotopic (exact) mass is 209 g/mol. The summed E-state index contributed by atoms with van der Waals surface area (Å²) in [5.41, 5.74) is 0.663. The van der Waals surface area contributed by atoms with Crippen molar-refractivity contribution in [1.82, 2.24) is 0 Å². The minimum Gasteiger partial charge on any atom is -0.889 e. The van der Waals surface area contributed by atoms with Gasteiger partial charge in [0.1, 0.15) is 0 Å². The average molecular weight is 209 g/mol. The third kappa shape index (κ3) is 2.23. The number of nitrogens with zero attached hydrogens (tertiary/aromatic N) is 1. The lowest BCUT2D eigenvalue weighted by molar-refractivity contribution is -0.245. The molecule has 0 fully saturated rings. The summed E-state index contributed by atoms with van der Waals surface area (Å²) in [4.78, 5) is 0. The van der Waals surface area contributed by atoms with Gasteiger partial charge in [0.25, 0.3) is 0 Å². The van der Waals surface area contributed by atoms with Gasteiger partial charge in [-0.15, -0.1) is 5.69 Å². The van der Waals surface area contributed by atoms with Gasteiger partial charge in [0, 0.05) is 0 Å². The van der Waals surface area contributed by atoms with Gasteiger partial charge in [-0.3, -0.25) is 0 Å². The van der Waals surface area contributed by atoms with E-state index in [-0.39, 0.29) is 5.88 Å². The topological polar surface area (TPSA) is 37.2 Å². The molecular weight excluding hydrogens is 198 g/mol. The smallest absolute Gasteiger partial charge is 0.0280 e. The van der Waals surface area contributed by atoms with E-state index in [0.29, 0.717) is 16.1 Å². The molecule has 0 saturated carbocycles. The molecule has 0 aliphatic rings. The number of hydrogen-bond acceptors (Lipinski definition) is 1. The summed E-state index contributed by atoms with van der Waals surface area (Å²) in [5.74, 6) is -0.253. The van der Waals surface area contributed by atoms with Crippen molar-refractivity contribution < 1.29 is 5.11 Å². The lowest BCUT2D eigenvalue weighted by Gasteiger charge is -2.31. The predicted molar refractivity (Wildman–Crippen MR) is 64.1 cm³/mol. The Morgan fingerprint density at radius 1 is 0.938 bits per heavy atom. The molecule has 0 amide bonds. The third-order valence-corrected chi connectivity index (χ3v) is 2.23. The zero-order chi connectivity index (χ0) is 11.4. The molecule has 0 spiro atoms. The highest BCUT2D eigenvalue weighted by molar-refractivity contribution is 5.65. The maximum absolute atomic E-state index is 11.8. The van der Waals surface area contributed by atoms with Crippen LogP contribution in [-0.2, 0) is 0 Å². The Kier molecular flexibility index (Phi) is 2.92. The number of rotatable bonds is 2. The van der Waals surface area contributed by atoms with Gasteiger partial charge >= 0.3 is 0 Å². The molecule has 0 atom stereocenters. The van der Waals surface area contributed by atoms with E-state index < -0.39 is 0 Å². The van der Waals surface area contributed by atoms with Crippen LogP contribution in [0.4, 0.5) is 5.69 Å². The summed E-state index contributed by atoms with van der Waals surface area (Å²) in [6.45, 7) is 3.80. The van der Waals surface area contributed by atoms with Crippen LogP contribution in [0, 0.1) is 0 Å². The Labute approximate surface area is 94.2 Å².